The summed E-state index contributed by atoms with van der Waals surface area (Å²) in [5.74, 6) is 0.759. The summed E-state index contributed by atoms with van der Waals surface area (Å²) in [6.45, 7) is 0. The topological polar surface area (TPSA) is 63.0 Å². The lowest BCUT2D eigenvalue weighted by atomic mass is 9.86. The quantitative estimate of drug-likeness (QED) is 0.583. The van der Waals surface area contributed by atoms with Gasteiger partial charge < -0.3 is 10.1 Å². The van der Waals surface area contributed by atoms with Crippen molar-refractivity contribution in [3.8, 4) is 5.75 Å². The van der Waals surface area contributed by atoms with Crippen LogP contribution in [0.2, 0.25) is 0 Å². The van der Waals surface area contributed by atoms with Gasteiger partial charge >= 0.3 is 0 Å². The van der Waals surface area contributed by atoms with E-state index < -0.39 is 0 Å². The van der Waals surface area contributed by atoms with E-state index in [0.717, 1.165) is 72.2 Å². The molecule has 1 unspecified atom stereocenters. The van der Waals surface area contributed by atoms with E-state index in [9.17, 15) is 9.18 Å². The number of carbonyl (C=O) groups is 1. The van der Waals surface area contributed by atoms with Crippen LogP contribution in [0, 0.1) is 11.7 Å². The van der Waals surface area contributed by atoms with E-state index in [-0.39, 0.29) is 23.3 Å². The third-order valence-electron chi connectivity index (χ3n) is 6.73. The second kappa shape index (κ2) is 9.75. The molecule has 0 fully saturated rings. The van der Waals surface area contributed by atoms with Crippen molar-refractivity contribution in [1.82, 2.24) is 0 Å². The summed E-state index contributed by atoms with van der Waals surface area (Å²) in [7, 11) is 1.46. The van der Waals surface area contributed by atoms with Crippen molar-refractivity contribution >= 4 is 28.6 Å². The number of amidine groups is 1. The van der Waals surface area contributed by atoms with Crippen molar-refractivity contribution in [2.45, 2.75) is 44.9 Å². The first-order valence-electron chi connectivity index (χ1n) is 11.9. The van der Waals surface area contributed by atoms with Gasteiger partial charge in [0.2, 0.25) is 0 Å². The second-order valence-corrected chi connectivity index (χ2v) is 8.92. The fourth-order valence-corrected chi connectivity index (χ4v) is 4.93. The Bertz CT molecular complexity index is 1240. The fraction of sp³-hybridized carbons (Fsp3) is 0.321. The number of nitrogens with zero attached hydrogens (tertiary/aromatic N) is 2. The van der Waals surface area contributed by atoms with Crippen LogP contribution in [0.3, 0.4) is 0 Å². The molecule has 2 heterocycles. The predicted octanol–water partition coefficient (Wildman–Crippen LogP) is 6.36. The number of fused-ring (bicyclic) bond motifs is 2. The van der Waals surface area contributed by atoms with Crippen LogP contribution in [-0.4, -0.2) is 24.4 Å². The van der Waals surface area contributed by atoms with Crippen LogP contribution < -0.4 is 10.1 Å². The normalized spacial score (nSPS) is 22.5. The Hall–Kier alpha value is -3.54. The molecule has 0 radical (unpaired) electrons. The molecule has 0 saturated carbocycles. The Kier molecular flexibility index (Phi) is 6.39. The van der Waals surface area contributed by atoms with Gasteiger partial charge in [0.1, 0.15) is 0 Å². The highest BCUT2D eigenvalue weighted by Gasteiger charge is 2.30. The molecule has 2 aliphatic heterocycles. The minimum Gasteiger partial charge on any atom is -0.494 e. The zero-order chi connectivity index (χ0) is 23.5. The number of carbonyl (C=O) groups excluding carboxylic acids is 1. The largest absolute Gasteiger partial charge is 0.494 e. The molecule has 0 saturated heterocycles. The molecular weight excluding hydrogens is 429 g/mol. The lowest BCUT2D eigenvalue weighted by Crippen LogP contribution is -2.29. The Morgan fingerprint density at radius 2 is 1.94 bits per heavy atom. The lowest BCUT2D eigenvalue weighted by molar-refractivity contribution is 0.0976. The van der Waals surface area contributed by atoms with Crippen LogP contribution in [-0.2, 0) is 6.42 Å². The van der Waals surface area contributed by atoms with Crippen molar-refractivity contribution in [2.24, 2.45) is 15.9 Å². The number of anilines is 1. The van der Waals surface area contributed by atoms with Crippen LogP contribution in [0.1, 0.15) is 60.0 Å². The molecule has 0 amide bonds. The zero-order valence-electron chi connectivity index (χ0n) is 19.3. The van der Waals surface area contributed by atoms with Crippen molar-refractivity contribution in [3.05, 3.63) is 77.4 Å². The van der Waals surface area contributed by atoms with Gasteiger partial charge in [-0.1, -0.05) is 18.6 Å². The smallest absolute Gasteiger partial charge is 0.165 e. The van der Waals surface area contributed by atoms with Crippen LogP contribution in [0.4, 0.5) is 10.1 Å². The van der Waals surface area contributed by atoms with E-state index in [1.165, 1.54) is 13.2 Å². The first-order chi connectivity index (χ1) is 16.6. The van der Waals surface area contributed by atoms with Crippen LogP contribution in [0.15, 0.2) is 64.9 Å². The molecule has 6 heteroatoms. The number of nitrogens with one attached hydrogen (secondary N) is 1. The SMILES string of the molecule is COc1ccc(C2=CN=C3/C(Nc4ccc5c(c4)CCCCCC5=O)=N\C=C/CCC23)cc1F. The van der Waals surface area contributed by atoms with Gasteiger partial charge in [-0.25, -0.2) is 9.38 Å². The molecule has 2 aromatic carbocycles. The number of ether oxygens (including phenoxy) is 1. The van der Waals surface area contributed by atoms with E-state index >= 15 is 0 Å². The molecule has 0 bridgehead atoms. The maximum Gasteiger partial charge on any atom is 0.165 e. The van der Waals surface area contributed by atoms with Crippen molar-refractivity contribution in [3.63, 3.8) is 0 Å². The summed E-state index contributed by atoms with van der Waals surface area (Å²) >= 11 is 0. The summed E-state index contributed by atoms with van der Waals surface area (Å²) in [5, 5.41) is 3.45. The van der Waals surface area contributed by atoms with E-state index in [4.69, 9.17) is 9.73 Å². The summed E-state index contributed by atoms with van der Waals surface area (Å²) in [5.41, 5.74) is 5.44. The number of aryl methyl sites for hydroxylation is 1. The number of halogens is 1. The third-order valence-corrected chi connectivity index (χ3v) is 6.73. The Morgan fingerprint density at radius 3 is 2.79 bits per heavy atom. The number of rotatable bonds is 3. The molecule has 0 spiro atoms. The monoisotopic (exact) mass is 457 g/mol. The van der Waals surface area contributed by atoms with E-state index in [1.807, 2.05) is 36.7 Å². The Labute approximate surface area is 199 Å². The van der Waals surface area contributed by atoms with Gasteiger partial charge in [0.25, 0.3) is 0 Å². The van der Waals surface area contributed by atoms with Gasteiger partial charge in [0.15, 0.2) is 23.2 Å². The molecule has 34 heavy (non-hydrogen) atoms. The molecule has 1 N–H and O–H groups in total. The Balaban J connectivity index is 1.41. The molecule has 1 atom stereocenters. The number of benzene rings is 2. The summed E-state index contributed by atoms with van der Waals surface area (Å²) < 4.78 is 19.5. The second-order valence-electron chi connectivity index (χ2n) is 8.92. The molecule has 5 rings (SSSR count). The van der Waals surface area contributed by atoms with Crippen molar-refractivity contribution in [1.29, 1.82) is 0 Å². The molecule has 3 aliphatic rings. The van der Waals surface area contributed by atoms with E-state index in [2.05, 4.69) is 16.4 Å². The fourth-order valence-electron chi connectivity index (χ4n) is 4.93. The van der Waals surface area contributed by atoms with Crippen molar-refractivity contribution < 1.29 is 13.9 Å². The minimum absolute atomic E-state index is 0.00918. The first-order valence-corrected chi connectivity index (χ1v) is 11.9. The summed E-state index contributed by atoms with van der Waals surface area (Å²) in [4.78, 5) is 21.9. The predicted molar refractivity (Wildman–Crippen MR) is 134 cm³/mol. The molecule has 2 aromatic rings. The van der Waals surface area contributed by atoms with E-state index in [1.54, 1.807) is 6.07 Å². The zero-order valence-corrected chi connectivity index (χ0v) is 19.3. The number of allylic oxidation sites excluding steroid dienone is 2. The average Bonchev–Trinajstić information content (AvgIpc) is 3.23. The Morgan fingerprint density at radius 1 is 1.06 bits per heavy atom. The number of aliphatic imine (C=N–C) groups is 2. The number of Topliss-reactive ketones (excluding diaryl/α,β-unsaturated/α-hetero) is 1. The standard InChI is InChI=1S/C28H28FN3O2/c1-34-26-13-10-19(16-24(26)29)23-17-31-27-22(23)8-5-6-14-30-28(27)32-20-11-12-21-18(15-20)7-3-2-4-9-25(21)33/h6,10-17,22H,2-5,7-9H2,1H3,(H,30,32)/b14-6-. The number of methoxy groups -OCH3 is 1. The van der Waals surface area contributed by atoms with Crippen LogP contribution >= 0.6 is 0 Å². The highest BCUT2D eigenvalue weighted by molar-refractivity contribution is 6.48. The van der Waals surface area contributed by atoms with Gasteiger partial charge in [0.05, 0.1) is 12.8 Å². The van der Waals surface area contributed by atoms with Crippen LogP contribution in [0.5, 0.6) is 5.75 Å². The molecule has 5 nitrogen and oxygen atoms in total. The van der Waals surface area contributed by atoms with Crippen molar-refractivity contribution in [2.75, 3.05) is 12.4 Å². The minimum atomic E-state index is -0.387. The molecule has 0 aromatic heterocycles. The summed E-state index contributed by atoms with van der Waals surface area (Å²) in [6, 6.07) is 11.0. The maximum atomic E-state index is 14.4. The maximum absolute atomic E-state index is 14.4. The van der Waals surface area contributed by atoms with E-state index in [0.29, 0.717) is 12.3 Å². The number of ketones is 1. The number of hydrogen-bond acceptors (Lipinski definition) is 5. The van der Waals surface area contributed by atoms with Gasteiger partial charge in [-0.15, -0.1) is 0 Å². The first kappa shape index (κ1) is 22.3. The molecule has 174 valence electrons. The number of hydrogen-bond donors (Lipinski definition) is 1. The average molecular weight is 458 g/mol. The lowest BCUT2D eigenvalue weighted by Gasteiger charge is -2.21. The molecular formula is C28H28FN3O2. The third kappa shape index (κ3) is 4.45. The van der Waals surface area contributed by atoms with Crippen LogP contribution in [0.25, 0.3) is 5.57 Å². The highest BCUT2D eigenvalue weighted by Crippen LogP contribution is 2.36. The van der Waals surface area contributed by atoms with Gasteiger partial charge in [0, 0.05) is 36.0 Å². The summed E-state index contributed by atoms with van der Waals surface area (Å²) in [6.07, 6.45) is 12.1. The van der Waals surface area contributed by atoms with Gasteiger partial charge in [-0.3, -0.25) is 9.79 Å². The molecule has 1 aliphatic carbocycles. The highest BCUT2D eigenvalue weighted by atomic mass is 19.1. The van der Waals surface area contributed by atoms with Gasteiger partial charge in [-0.05, 0) is 79.1 Å². The van der Waals surface area contributed by atoms with Gasteiger partial charge in [-0.2, -0.15) is 0 Å².